The maximum Gasteiger partial charge on any atom is 0.231 e. The molecule has 1 N–H and O–H groups in total. The van der Waals surface area contributed by atoms with Gasteiger partial charge in [-0.25, -0.2) is 0 Å². The van der Waals surface area contributed by atoms with E-state index in [0.717, 1.165) is 6.54 Å². The van der Waals surface area contributed by atoms with Gasteiger partial charge in [0.1, 0.15) is 0 Å². The summed E-state index contributed by atoms with van der Waals surface area (Å²) >= 11 is 0. The van der Waals surface area contributed by atoms with Crippen molar-refractivity contribution in [1.29, 1.82) is 0 Å². The second kappa shape index (κ2) is 3.56. The lowest BCUT2D eigenvalue weighted by Crippen LogP contribution is -2.51. The molecule has 0 saturated heterocycles. The van der Waals surface area contributed by atoms with Gasteiger partial charge in [0.2, 0.25) is 5.91 Å². The molecule has 0 spiro atoms. The first-order chi connectivity index (χ1) is 5.58. The Bertz CT molecular complexity index is 191. The molecule has 3 nitrogen and oxygen atoms in total. The van der Waals surface area contributed by atoms with Crippen LogP contribution in [-0.4, -0.2) is 36.1 Å². The van der Waals surface area contributed by atoms with Crippen molar-refractivity contribution in [1.82, 2.24) is 4.90 Å². The van der Waals surface area contributed by atoms with E-state index in [0.29, 0.717) is 13.0 Å². The molecule has 1 atom stereocenters. The standard InChI is InChI=1S/C9H17NO2/c1-4-12-9(11)7-8(2)5-6-10(9)3/h5,11H,4,6-7H2,1-3H3. The maximum absolute atomic E-state index is 9.97. The van der Waals surface area contributed by atoms with E-state index in [1.165, 1.54) is 5.57 Å². The predicted octanol–water partition coefficient (Wildman–Crippen LogP) is 0.951. The zero-order valence-electron chi connectivity index (χ0n) is 8.00. The molecule has 0 saturated carbocycles. The highest BCUT2D eigenvalue weighted by atomic mass is 16.6. The largest absolute Gasteiger partial charge is 0.353 e. The number of ether oxygens (including phenoxy) is 1. The lowest BCUT2D eigenvalue weighted by Gasteiger charge is -2.39. The van der Waals surface area contributed by atoms with Crippen LogP contribution in [-0.2, 0) is 4.74 Å². The highest BCUT2D eigenvalue weighted by Gasteiger charge is 2.34. The van der Waals surface area contributed by atoms with Crippen molar-refractivity contribution < 1.29 is 9.84 Å². The molecule has 1 aliphatic rings. The molecule has 1 rings (SSSR count). The van der Waals surface area contributed by atoms with E-state index in [9.17, 15) is 5.11 Å². The average molecular weight is 171 g/mol. The minimum absolute atomic E-state index is 0.536. The number of hydrogen-bond acceptors (Lipinski definition) is 3. The normalized spacial score (nSPS) is 31.8. The molecule has 12 heavy (non-hydrogen) atoms. The van der Waals surface area contributed by atoms with Crippen molar-refractivity contribution in [3.8, 4) is 0 Å². The molecule has 3 heteroatoms. The van der Waals surface area contributed by atoms with Crippen molar-refractivity contribution in [2.45, 2.75) is 26.2 Å². The molecular weight excluding hydrogens is 154 g/mol. The van der Waals surface area contributed by atoms with Gasteiger partial charge < -0.3 is 9.84 Å². The number of nitrogens with zero attached hydrogens (tertiary/aromatic N) is 1. The van der Waals surface area contributed by atoms with Crippen molar-refractivity contribution in [2.24, 2.45) is 0 Å². The van der Waals surface area contributed by atoms with E-state index in [1.54, 1.807) is 0 Å². The fraction of sp³-hybridized carbons (Fsp3) is 0.778. The Morgan fingerprint density at radius 2 is 2.42 bits per heavy atom. The van der Waals surface area contributed by atoms with Crippen LogP contribution < -0.4 is 0 Å². The monoisotopic (exact) mass is 171 g/mol. The Morgan fingerprint density at radius 3 is 3.00 bits per heavy atom. The summed E-state index contributed by atoms with van der Waals surface area (Å²) in [5.41, 5.74) is 1.18. The second-order valence-electron chi connectivity index (χ2n) is 3.28. The molecule has 0 radical (unpaired) electrons. The van der Waals surface area contributed by atoms with Gasteiger partial charge in [0, 0.05) is 19.6 Å². The zero-order chi connectivity index (χ0) is 9.19. The molecule has 0 aliphatic carbocycles. The first kappa shape index (κ1) is 9.71. The molecule has 0 amide bonds. The number of likely N-dealkylation sites (N-methyl/N-ethyl adjacent to an activating group) is 1. The molecular formula is C9H17NO2. The summed E-state index contributed by atoms with van der Waals surface area (Å²) in [5, 5.41) is 9.97. The van der Waals surface area contributed by atoms with E-state index in [4.69, 9.17) is 4.74 Å². The van der Waals surface area contributed by atoms with E-state index in [2.05, 4.69) is 6.08 Å². The van der Waals surface area contributed by atoms with Crippen LogP contribution in [0.25, 0.3) is 0 Å². The number of rotatable bonds is 2. The van der Waals surface area contributed by atoms with Gasteiger partial charge in [-0.3, -0.25) is 4.90 Å². The molecule has 1 heterocycles. The lowest BCUT2D eigenvalue weighted by molar-refractivity contribution is -0.284. The predicted molar refractivity (Wildman–Crippen MR) is 47.6 cm³/mol. The van der Waals surface area contributed by atoms with Crippen LogP contribution in [0.3, 0.4) is 0 Å². The van der Waals surface area contributed by atoms with Gasteiger partial charge in [-0.05, 0) is 20.9 Å². The van der Waals surface area contributed by atoms with Gasteiger partial charge in [-0.15, -0.1) is 0 Å². The van der Waals surface area contributed by atoms with Gasteiger partial charge in [0.05, 0.1) is 0 Å². The molecule has 1 aliphatic heterocycles. The third-order valence-electron chi connectivity index (χ3n) is 2.19. The van der Waals surface area contributed by atoms with Gasteiger partial charge in [0.15, 0.2) is 0 Å². The van der Waals surface area contributed by atoms with Crippen LogP contribution >= 0.6 is 0 Å². The quantitative estimate of drug-likeness (QED) is 0.496. The summed E-state index contributed by atoms with van der Waals surface area (Å²) < 4.78 is 5.29. The zero-order valence-corrected chi connectivity index (χ0v) is 8.00. The summed E-state index contributed by atoms with van der Waals surface area (Å²) in [4.78, 5) is 1.81. The van der Waals surface area contributed by atoms with E-state index in [-0.39, 0.29) is 0 Å². The maximum atomic E-state index is 9.97. The SMILES string of the molecule is CCOC1(O)CC(C)=CCN1C. The number of aliphatic hydroxyl groups is 1. The third kappa shape index (κ3) is 1.86. The fourth-order valence-electron chi connectivity index (χ4n) is 1.40. The molecule has 1 unspecified atom stereocenters. The minimum Gasteiger partial charge on any atom is -0.353 e. The van der Waals surface area contributed by atoms with Gasteiger partial charge in [0.25, 0.3) is 0 Å². The topological polar surface area (TPSA) is 32.7 Å². The second-order valence-corrected chi connectivity index (χ2v) is 3.28. The molecule has 0 bridgehead atoms. The van der Waals surface area contributed by atoms with Crippen LogP contribution in [0, 0.1) is 0 Å². The van der Waals surface area contributed by atoms with Crippen molar-refractivity contribution in [3.63, 3.8) is 0 Å². The van der Waals surface area contributed by atoms with Gasteiger partial charge >= 0.3 is 0 Å². The van der Waals surface area contributed by atoms with E-state index >= 15 is 0 Å². The summed E-state index contributed by atoms with van der Waals surface area (Å²) in [6.07, 6.45) is 2.69. The Hall–Kier alpha value is -0.380. The first-order valence-corrected chi connectivity index (χ1v) is 4.31. The third-order valence-corrected chi connectivity index (χ3v) is 2.19. The van der Waals surface area contributed by atoms with Crippen LogP contribution in [0.5, 0.6) is 0 Å². The summed E-state index contributed by atoms with van der Waals surface area (Å²) in [5.74, 6) is -1.08. The summed E-state index contributed by atoms with van der Waals surface area (Å²) in [6, 6.07) is 0. The van der Waals surface area contributed by atoms with Crippen LogP contribution in [0.15, 0.2) is 11.6 Å². The summed E-state index contributed by atoms with van der Waals surface area (Å²) in [6.45, 7) is 5.19. The van der Waals surface area contributed by atoms with E-state index < -0.39 is 5.91 Å². The molecule has 0 aromatic carbocycles. The Kier molecular flexibility index (Phi) is 2.88. The highest BCUT2D eigenvalue weighted by molar-refractivity contribution is 5.06. The number of hydrogen-bond donors (Lipinski definition) is 1. The highest BCUT2D eigenvalue weighted by Crippen LogP contribution is 2.25. The Morgan fingerprint density at radius 1 is 1.75 bits per heavy atom. The lowest BCUT2D eigenvalue weighted by atomic mass is 10.1. The smallest absolute Gasteiger partial charge is 0.231 e. The van der Waals surface area contributed by atoms with Gasteiger partial charge in [-0.1, -0.05) is 11.6 Å². The van der Waals surface area contributed by atoms with Crippen LogP contribution in [0.1, 0.15) is 20.3 Å². The first-order valence-electron chi connectivity index (χ1n) is 4.31. The Labute approximate surface area is 73.6 Å². The van der Waals surface area contributed by atoms with Crippen LogP contribution in [0.4, 0.5) is 0 Å². The molecule has 0 aromatic heterocycles. The van der Waals surface area contributed by atoms with Crippen molar-refractivity contribution in [2.75, 3.05) is 20.2 Å². The Balaban J connectivity index is 2.69. The summed E-state index contributed by atoms with van der Waals surface area (Å²) in [7, 11) is 1.86. The van der Waals surface area contributed by atoms with Gasteiger partial charge in [-0.2, -0.15) is 0 Å². The van der Waals surface area contributed by atoms with Crippen molar-refractivity contribution in [3.05, 3.63) is 11.6 Å². The van der Waals surface area contributed by atoms with Crippen molar-refractivity contribution >= 4 is 0 Å². The molecule has 70 valence electrons. The average Bonchev–Trinajstić information content (AvgIpc) is 1.98. The van der Waals surface area contributed by atoms with Crippen LogP contribution in [0.2, 0.25) is 0 Å². The minimum atomic E-state index is -1.08. The van der Waals surface area contributed by atoms with E-state index in [1.807, 2.05) is 25.8 Å². The molecule has 0 aromatic rings. The fourth-order valence-corrected chi connectivity index (χ4v) is 1.40. The molecule has 0 fully saturated rings.